The lowest BCUT2D eigenvalue weighted by Crippen LogP contribution is -2.58. The molecule has 4 atom stereocenters. The highest BCUT2D eigenvalue weighted by Crippen LogP contribution is 2.48. The number of hydrogen-bond acceptors (Lipinski definition) is 5. The fourth-order valence-electron chi connectivity index (χ4n) is 5.23. The van der Waals surface area contributed by atoms with E-state index < -0.39 is 10.2 Å². The Bertz CT molecular complexity index is 645. The predicted octanol–water partition coefficient (Wildman–Crippen LogP) is -0.582. The van der Waals surface area contributed by atoms with E-state index in [9.17, 15) is 13.2 Å². The van der Waals surface area contributed by atoms with Crippen LogP contribution < -0.4 is 5.73 Å². The second-order valence-electron chi connectivity index (χ2n) is 8.37. The first-order valence-corrected chi connectivity index (χ1v) is 11.3. The van der Waals surface area contributed by atoms with E-state index in [0.717, 1.165) is 32.4 Å². The summed E-state index contributed by atoms with van der Waals surface area (Å²) in [6.07, 6.45) is 3.37. The highest BCUT2D eigenvalue weighted by molar-refractivity contribution is 7.86. The first kappa shape index (κ1) is 21.3. The van der Waals surface area contributed by atoms with E-state index in [1.54, 1.807) is 8.61 Å². The van der Waals surface area contributed by atoms with Crippen molar-refractivity contribution in [3.8, 4) is 0 Å². The lowest BCUT2D eigenvalue weighted by atomic mass is 9.84. The van der Waals surface area contributed by atoms with Gasteiger partial charge in [-0.1, -0.05) is 0 Å². The molecule has 0 spiro atoms. The number of carbonyl (C=O) groups excluding carboxylic acids is 1. The van der Waals surface area contributed by atoms with Crippen LogP contribution in [0.4, 0.5) is 0 Å². The standard InChI is InChI=1S/C17H31N5O3S.ClH/c1-19-4-8-21(9-5-19)26(24,25)22-10-6-20(7-11-22)17(23)15-13-2-3-14(12-13)16(15)18;/h13-16H,2-12,18H2,1H3;1H. The van der Waals surface area contributed by atoms with Gasteiger partial charge in [-0.05, 0) is 38.1 Å². The molecule has 4 aliphatic rings. The molecule has 0 aromatic rings. The summed E-state index contributed by atoms with van der Waals surface area (Å²) in [6, 6.07) is -0.00616. The molecule has 2 aliphatic heterocycles. The van der Waals surface area contributed by atoms with Gasteiger partial charge in [0, 0.05) is 58.4 Å². The molecule has 2 bridgehead atoms. The van der Waals surface area contributed by atoms with Crippen LogP contribution in [-0.4, -0.2) is 98.2 Å². The third kappa shape index (κ3) is 3.86. The number of rotatable bonds is 3. The predicted molar refractivity (Wildman–Crippen MR) is 106 cm³/mol. The number of piperazine rings is 2. The molecule has 2 saturated carbocycles. The Morgan fingerprint density at radius 2 is 1.41 bits per heavy atom. The van der Waals surface area contributed by atoms with Gasteiger partial charge in [0.25, 0.3) is 10.2 Å². The van der Waals surface area contributed by atoms with Crippen molar-refractivity contribution < 1.29 is 13.2 Å². The molecular formula is C17H32ClN5O3S. The maximum absolute atomic E-state index is 13.0. The number of hydrogen-bond donors (Lipinski definition) is 1. The molecule has 2 aliphatic carbocycles. The van der Waals surface area contributed by atoms with Crippen molar-refractivity contribution in [1.82, 2.24) is 18.4 Å². The van der Waals surface area contributed by atoms with Crippen molar-refractivity contribution >= 4 is 28.5 Å². The summed E-state index contributed by atoms with van der Waals surface area (Å²) in [5, 5.41) is 0. The van der Waals surface area contributed by atoms with Crippen molar-refractivity contribution in [2.75, 3.05) is 59.4 Å². The minimum atomic E-state index is -3.42. The fraction of sp³-hybridized carbons (Fsp3) is 0.941. The van der Waals surface area contributed by atoms with Crippen molar-refractivity contribution in [3.05, 3.63) is 0 Å². The minimum absolute atomic E-state index is 0. The molecule has 4 rings (SSSR count). The lowest BCUT2D eigenvalue weighted by Gasteiger charge is -2.40. The number of nitrogens with two attached hydrogens (primary N) is 1. The summed E-state index contributed by atoms with van der Waals surface area (Å²) in [5.41, 5.74) is 6.31. The fourth-order valence-corrected chi connectivity index (χ4v) is 6.81. The summed E-state index contributed by atoms with van der Waals surface area (Å²) in [5.74, 6) is 1.05. The quantitative estimate of drug-likeness (QED) is 0.658. The van der Waals surface area contributed by atoms with Crippen LogP contribution in [0.15, 0.2) is 0 Å². The molecule has 156 valence electrons. The maximum Gasteiger partial charge on any atom is 0.282 e. The monoisotopic (exact) mass is 421 g/mol. The van der Waals surface area contributed by atoms with E-state index in [0.29, 0.717) is 51.1 Å². The Kier molecular flexibility index (Phi) is 6.39. The average Bonchev–Trinajstić information content (AvgIpc) is 3.23. The van der Waals surface area contributed by atoms with Crippen LogP contribution in [-0.2, 0) is 15.0 Å². The minimum Gasteiger partial charge on any atom is -0.340 e. The normalized spacial score (nSPS) is 36.0. The van der Waals surface area contributed by atoms with E-state index >= 15 is 0 Å². The van der Waals surface area contributed by atoms with Crippen LogP contribution in [0.5, 0.6) is 0 Å². The van der Waals surface area contributed by atoms with Crippen LogP contribution in [0.2, 0.25) is 0 Å². The van der Waals surface area contributed by atoms with Crippen LogP contribution in [0.3, 0.4) is 0 Å². The Morgan fingerprint density at radius 3 is 1.93 bits per heavy atom. The number of carbonyl (C=O) groups is 1. The van der Waals surface area contributed by atoms with Gasteiger partial charge in [0.05, 0.1) is 5.92 Å². The van der Waals surface area contributed by atoms with Gasteiger partial charge in [-0.15, -0.1) is 12.4 Å². The SMILES string of the molecule is CN1CCN(S(=O)(=O)N2CCN(C(=O)C3C4CCC(C4)C3N)CC2)CC1.Cl. The molecule has 2 heterocycles. The van der Waals surface area contributed by atoms with Gasteiger partial charge in [0.1, 0.15) is 0 Å². The van der Waals surface area contributed by atoms with Crippen molar-refractivity contribution in [2.24, 2.45) is 23.5 Å². The second kappa shape index (κ2) is 8.12. The van der Waals surface area contributed by atoms with E-state index in [1.165, 1.54) is 0 Å². The molecule has 10 heteroatoms. The largest absolute Gasteiger partial charge is 0.340 e. The number of amides is 1. The third-order valence-corrected chi connectivity index (χ3v) is 8.97. The van der Waals surface area contributed by atoms with E-state index in [1.807, 2.05) is 11.9 Å². The zero-order chi connectivity index (χ0) is 18.5. The van der Waals surface area contributed by atoms with Gasteiger partial charge in [-0.2, -0.15) is 17.0 Å². The molecule has 1 amide bonds. The first-order valence-electron chi connectivity index (χ1n) is 9.86. The topological polar surface area (TPSA) is 90.2 Å². The Balaban J connectivity index is 0.00000210. The van der Waals surface area contributed by atoms with Crippen LogP contribution in [0.25, 0.3) is 0 Å². The van der Waals surface area contributed by atoms with Crippen molar-refractivity contribution in [1.29, 1.82) is 0 Å². The molecular weight excluding hydrogens is 390 g/mol. The maximum atomic E-state index is 13.0. The highest BCUT2D eigenvalue weighted by Gasteiger charge is 2.50. The van der Waals surface area contributed by atoms with Crippen LogP contribution >= 0.6 is 12.4 Å². The van der Waals surface area contributed by atoms with E-state index in [-0.39, 0.29) is 30.3 Å². The molecule has 2 saturated heterocycles. The zero-order valence-electron chi connectivity index (χ0n) is 16.0. The number of halogens is 1. The Morgan fingerprint density at radius 1 is 0.889 bits per heavy atom. The zero-order valence-corrected chi connectivity index (χ0v) is 17.6. The molecule has 27 heavy (non-hydrogen) atoms. The smallest absolute Gasteiger partial charge is 0.282 e. The summed E-state index contributed by atoms with van der Waals surface area (Å²) in [4.78, 5) is 16.9. The van der Waals surface area contributed by atoms with Crippen LogP contribution in [0, 0.1) is 17.8 Å². The van der Waals surface area contributed by atoms with Gasteiger partial charge in [-0.3, -0.25) is 4.79 Å². The highest BCUT2D eigenvalue weighted by atomic mass is 35.5. The van der Waals surface area contributed by atoms with Gasteiger partial charge >= 0.3 is 0 Å². The molecule has 0 radical (unpaired) electrons. The number of fused-ring (bicyclic) bond motifs is 2. The first-order chi connectivity index (χ1) is 12.4. The molecule has 0 aromatic carbocycles. The van der Waals surface area contributed by atoms with Crippen molar-refractivity contribution in [3.63, 3.8) is 0 Å². The average molecular weight is 422 g/mol. The molecule has 2 N–H and O–H groups in total. The van der Waals surface area contributed by atoms with E-state index in [2.05, 4.69) is 4.90 Å². The lowest BCUT2D eigenvalue weighted by molar-refractivity contribution is -0.139. The van der Waals surface area contributed by atoms with Crippen LogP contribution in [0.1, 0.15) is 19.3 Å². The summed E-state index contributed by atoms with van der Waals surface area (Å²) in [7, 11) is -1.41. The molecule has 8 nitrogen and oxygen atoms in total. The Labute approximate surface area is 168 Å². The summed E-state index contributed by atoms with van der Waals surface area (Å²) < 4.78 is 28.8. The molecule has 4 unspecified atom stereocenters. The number of nitrogens with zero attached hydrogens (tertiary/aromatic N) is 4. The van der Waals surface area contributed by atoms with Crippen molar-refractivity contribution in [2.45, 2.75) is 25.3 Å². The van der Waals surface area contributed by atoms with Gasteiger partial charge in [0.15, 0.2) is 0 Å². The third-order valence-electron chi connectivity index (χ3n) is 6.93. The number of likely N-dealkylation sites (N-methyl/N-ethyl adjacent to an activating group) is 1. The second-order valence-corrected chi connectivity index (χ2v) is 10.3. The Hall–Kier alpha value is -0.450. The molecule has 4 fully saturated rings. The summed E-state index contributed by atoms with van der Waals surface area (Å²) >= 11 is 0. The van der Waals surface area contributed by atoms with Gasteiger partial charge in [0.2, 0.25) is 5.91 Å². The van der Waals surface area contributed by atoms with Gasteiger partial charge < -0.3 is 15.5 Å². The van der Waals surface area contributed by atoms with E-state index in [4.69, 9.17) is 5.73 Å². The molecule has 0 aromatic heterocycles. The van der Waals surface area contributed by atoms with Gasteiger partial charge in [-0.25, -0.2) is 0 Å². The summed E-state index contributed by atoms with van der Waals surface area (Å²) in [6.45, 7) is 4.33.